The number of pyridine rings is 1. The van der Waals surface area contributed by atoms with E-state index < -0.39 is 52.9 Å². The Morgan fingerprint density at radius 2 is 2.05 bits per heavy atom. The number of hydrogen-bond donors (Lipinski definition) is 0. The molecular formula is C10H7F5N2O5. The summed E-state index contributed by atoms with van der Waals surface area (Å²) in [5.41, 5.74) is -1.96. The largest absolute Gasteiger partial charge is 0.575 e. The number of nitro groups is 1. The van der Waals surface area contributed by atoms with E-state index in [1.165, 1.54) is 0 Å². The third-order valence-corrected chi connectivity index (χ3v) is 2.25. The van der Waals surface area contributed by atoms with Crippen LogP contribution in [0.1, 0.15) is 17.6 Å². The summed E-state index contributed by atoms with van der Waals surface area (Å²) < 4.78 is 69.8. The Balaban J connectivity index is 3.45. The molecule has 0 spiro atoms. The zero-order chi connectivity index (χ0) is 17.1. The molecule has 7 nitrogen and oxygen atoms in total. The molecule has 0 amide bonds. The molecule has 0 bridgehead atoms. The third-order valence-electron chi connectivity index (χ3n) is 2.25. The Bertz CT molecular complexity index is 590. The Hall–Kier alpha value is -2.53. The van der Waals surface area contributed by atoms with Crippen LogP contribution >= 0.6 is 0 Å². The predicted molar refractivity (Wildman–Crippen MR) is 58.3 cm³/mol. The van der Waals surface area contributed by atoms with Crippen LogP contribution in [0.2, 0.25) is 0 Å². The minimum absolute atomic E-state index is 0.355. The van der Waals surface area contributed by atoms with Crippen LogP contribution in [-0.2, 0) is 16.0 Å². The van der Waals surface area contributed by atoms with Crippen molar-refractivity contribution in [1.82, 2.24) is 4.98 Å². The molecule has 1 aromatic rings. The van der Waals surface area contributed by atoms with Gasteiger partial charge in [0.25, 0.3) is 6.43 Å². The van der Waals surface area contributed by atoms with Crippen LogP contribution in [0.5, 0.6) is 5.88 Å². The lowest BCUT2D eigenvalue weighted by Crippen LogP contribution is -2.20. The zero-order valence-electron chi connectivity index (χ0n) is 10.7. The summed E-state index contributed by atoms with van der Waals surface area (Å²) in [7, 11) is 0.916. The van der Waals surface area contributed by atoms with E-state index in [0.717, 1.165) is 7.11 Å². The van der Waals surface area contributed by atoms with Gasteiger partial charge in [0, 0.05) is 4.98 Å². The number of esters is 1. The van der Waals surface area contributed by atoms with E-state index >= 15 is 0 Å². The number of halogens is 5. The molecule has 0 unspecified atom stereocenters. The lowest BCUT2D eigenvalue weighted by molar-refractivity contribution is -0.391. The van der Waals surface area contributed by atoms with Gasteiger partial charge in [0.05, 0.1) is 19.1 Å². The second-order valence-corrected chi connectivity index (χ2v) is 3.72. The molecule has 0 aliphatic carbocycles. The van der Waals surface area contributed by atoms with Crippen molar-refractivity contribution in [2.24, 2.45) is 0 Å². The fraction of sp³-hybridized carbons (Fsp3) is 0.400. The molecule has 22 heavy (non-hydrogen) atoms. The first-order valence-corrected chi connectivity index (χ1v) is 5.34. The number of carbonyl (C=O) groups excluding carboxylic acids is 1. The van der Waals surface area contributed by atoms with E-state index in [9.17, 15) is 36.9 Å². The van der Waals surface area contributed by atoms with Crippen molar-refractivity contribution >= 4 is 11.8 Å². The van der Waals surface area contributed by atoms with Crippen LogP contribution in [0.25, 0.3) is 0 Å². The van der Waals surface area contributed by atoms with Crippen molar-refractivity contribution in [2.45, 2.75) is 19.2 Å². The van der Waals surface area contributed by atoms with Crippen LogP contribution in [0.4, 0.5) is 27.8 Å². The minimum Gasteiger partial charge on any atom is -0.469 e. The smallest absolute Gasteiger partial charge is 0.469 e. The maximum absolute atomic E-state index is 12.7. The van der Waals surface area contributed by atoms with E-state index in [0.29, 0.717) is 6.07 Å². The van der Waals surface area contributed by atoms with Gasteiger partial charge in [-0.3, -0.25) is 4.79 Å². The lowest BCUT2D eigenvalue weighted by Gasteiger charge is -2.10. The van der Waals surface area contributed by atoms with Crippen molar-refractivity contribution in [3.8, 4) is 5.88 Å². The summed E-state index contributed by atoms with van der Waals surface area (Å²) in [6.45, 7) is 0. The summed E-state index contributed by atoms with van der Waals surface area (Å²) >= 11 is 0. The van der Waals surface area contributed by atoms with Gasteiger partial charge >= 0.3 is 24.0 Å². The predicted octanol–water partition coefficient (Wildman–Crippen LogP) is 2.54. The maximum Gasteiger partial charge on any atom is 0.575 e. The first kappa shape index (κ1) is 17.5. The minimum atomic E-state index is -5.28. The highest BCUT2D eigenvalue weighted by Gasteiger charge is 2.38. The lowest BCUT2D eigenvalue weighted by atomic mass is 10.1. The second-order valence-electron chi connectivity index (χ2n) is 3.72. The summed E-state index contributed by atoms with van der Waals surface area (Å²) in [5, 5.41) is 10.6. The van der Waals surface area contributed by atoms with Gasteiger partial charge in [0.1, 0.15) is 5.56 Å². The van der Waals surface area contributed by atoms with Crippen LogP contribution in [0.15, 0.2) is 6.07 Å². The Morgan fingerprint density at radius 3 is 2.45 bits per heavy atom. The van der Waals surface area contributed by atoms with Gasteiger partial charge in [-0.25, -0.2) is 8.78 Å². The molecular weight excluding hydrogens is 323 g/mol. The van der Waals surface area contributed by atoms with E-state index in [-0.39, 0.29) is 0 Å². The Morgan fingerprint density at radius 1 is 1.45 bits per heavy atom. The molecule has 1 aromatic heterocycles. The second kappa shape index (κ2) is 6.49. The number of nitrogens with zero attached hydrogens (tertiary/aromatic N) is 2. The SMILES string of the molecule is COC(=O)Cc1cc(C(F)F)c([N+](=O)[O-])nc1OC(F)(F)F. The molecule has 0 aromatic carbocycles. The molecule has 12 heteroatoms. The molecule has 0 radical (unpaired) electrons. The number of hydrogen-bond acceptors (Lipinski definition) is 6. The van der Waals surface area contributed by atoms with Crippen LogP contribution in [0.3, 0.4) is 0 Å². The van der Waals surface area contributed by atoms with Gasteiger partial charge in [-0.2, -0.15) is 0 Å². The third kappa shape index (κ3) is 4.49. The van der Waals surface area contributed by atoms with Crippen molar-refractivity contribution < 1.29 is 41.1 Å². The fourth-order valence-electron chi connectivity index (χ4n) is 1.41. The molecule has 0 fully saturated rings. The van der Waals surface area contributed by atoms with Crippen molar-refractivity contribution in [1.29, 1.82) is 0 Å². The van der Waals surface area contributed by atoms with E-state index in [2.05, 4.69) is 14.5 Å². The topological polar surface area (TPSA) is 91.6 Å². The molecule has 0 saturated carbocycles. The molecule has 0 N–H and O–H groups in total. The van der Waals surface area contributed by atoms with Crippen LogP contribution in [-0.4, -0.2) is 29.3 Å². The number of ether oxygens (including phenoxy) is 2. The number of carbonyl (C=O) groups is 1. The van der Waals surface area contributed by atoms with Gasteiger partial charge in [-0.1, -0.05) is 0 Å². The van der Waals surface area contributed by atoms with Crippen molar-refractivity contribution in [3.63, 3.8) is 0 Å². The van der Waals surface area contributed by atoms with Crippen molar-refractivity contribution in [3.05, 3.63) is 27.3 Å². The van der Waals surface area contributed by atoms with Crippen molar-refractivity contribution in [2.75, 3.05) is 7.11 Å². The number of alkyl halides is 5. The average molecular weight is 330 g/mol. The van der Waals surface area contributed by atoms with E-state index in [1.54, 1.807) is 0 Å². The van der Waals surface area contributed by atoms with Gasteiger partial charge in [0.2, 0.25) is 0 Å². The highest BCUT2D eigenvalue weighted by molar-refractivity contribution is 5.73. The standard InChI is InChI=1S/C10H7F5N2O5/c1-21-6(18)3-4-2-5(7(11)12)8(17(19)20)16-9(4)22-10(13,14)15/h2,7H,3H2,1H3. The molecule has 0 atom stereocenters. The summed E-state index contributed by atoms with van der Waals surface area (Å²) in [6, 6.07) is 0.355. The maximum atomic E-state index is 12.7. The highest BCUT2D eigenvalue weighted by atomic mass is 19.4. The average Bonchev–Trinajstić information content (AvgIpc) is 2.37. The summed E-state index contributed by atoms with van der Waals surface area (Å²) in [4.78, 5) is 23.2. The van der Waals surface area contributed by atoms with Gasteiger partial charge in [0.15, 0.2) is 0 Å². The summed E-state index contributed by atoms with van der Waals surface area (Å²) in [5.74, 6) is -3.93. The van der Waals surface area contributed by atoms with Crippen LogP contribution in [0, 0.1) is 10.1 Å². The van der Waals surface area contributed by atoms with Crippen LogP contribution < -0.4 is 4.74 Å². The van der Waals surface area contributed by atoms with E-state index in [4.69, 9.17) is 0 Å². The Kier molecular flexibility index (Phi) is 5.17. The highest BCUT2D eigenvalue weighted by Crippen LogP contribution is 2.34. The normalized spacial score (nSPS) is 11.4. The summed E-state index contributed by atoms with van der Waals surface area (Å²) in [6.07, 6.45) is -9.55. The van der Waals surface area contributed by atoms with E-state index in [1.807, 2.05) is 0 Å². The molecule has 1 rings (SSSR count). The molecule has 0 aliphatic heterocycles. The molecule has 0 aliphatic rings. The number of aromatic nitrogens is 1. The van der Waals surface area contributed by atoms with Gasteiger partial charge in [-0.05, 0) is 11.0 Å². The van der Waals surface area contributed by atoms with Gasteiger partial charge in [-0.15, -0.1) is 13.2 Å². The number of rotatable bonds is 5. The quantitative estimate of drug-likeness (QED) is 0.357. The zero-order valence-corrected chi connectivity index (χ0v) is 10.7. The number of methoxy groups -OCH3 is 1. The molecule has 1 heterocycles. The first-order valence-electron chi connectivity index (χ1n) is 5.34. The monoisotopic (exact) mass is 330 g/mol. The molecule has 0 saturated heterocycles. The first-order chi connectivity index (χ1) is 10.0. The fourth-order valence-corrected chi connectivity index (χ4v) is 1.41. The molecule has 122 valence electrons. The Labute approximate surface area is 118 Å². The van der Waals surface area contributed by atoms with Gasteiger partial charge < -0.3 is 19.6 Å².